The van der Waals surface area contributed by atoms with E-state index in [1.165, 1.54) is 23.2 Å². The summed E-state index contributed by atoms with van der Waals surface area (Å²) in [6, 6.07) is 3.61. The van der Waals surface area contributed by atoms with Gasteiger partial charge in [0.15, 0.2) is 17.5 Å². The van der Waals surface area contributed by atoms with Gasteiger partial charge < -0.3 is 16.0 Å². The van der Waals surface area contributed by atoms with E-state index in [0.29, 0.717) is 12.8 Å². The molecule has 30 heavy (non-hydrogen) atoms. The lowest BCUT2D eigenvalue weighted by atomic mass is 9.89. The molecule has 158 valence electrons. The predicted molar refractivity (Wildman–Crippen MR) is 101 cm³/mol. The number of halogens is 3. The Hall–Kier alpha value is -3.43. The van der Waals surface area contributed by atoms with E-state index in [-0.39, 0.29) is 29.4 Å². The highest BCUT2D eigenvalue weighted by Gasteiger charge is 2.35. The van der Waals surface area contributed by atoms with Gasteiger partial charge >= 0.3 is 11.8 Å². The third-order valence-electron chi connectivity index (χ3n) is 4.97. The Morgan fingerprint density at radius 1 is 1.17 bits per heavy atom. The molecule has 1 saturated heterocycles. The number of hydrogen-bond acceptors (Lipinski definition) is 4. The van der Waals surface area contributed by atoms with Crippen LogP contribution in [0.15, 0.2) is 30.5 Å². The van der Waals surface area contributed by atoms with Crippen LogP contribution in [-0.4, -0.2) is 34.2 Å². The normalized spacial score (nSPS) is 18.7. The van der Waals surface area contributed by atoms with Crippen LogP contribution in [0.5, 0.6) is 0 Å². The lowest BCUT2D eigenvalue weighted by molar-refractivity contribution is -0.146. The van der Waals surface area contributed by atoms with Gasteiger partial charge in [-0.2, -0.15) is 0 Å². The van der Waals surface area contributed by atoms with Gasteiger partial charge in [-0.25, -0.2) is 18.2 Å². The fourth-order valence-electron chi connectivity index (χ4n) is 3.49. The number of nitrogens with one attached hydrogen (secondary N) is 1. The minimum atomic E-state index is -1.60. The number of piperidine rings is 1. The van der Waals surface area contributed by atoms with Gasteiger partial charge in [-0.1, -0.05) is 6.92 Å². The highest BCUT2D eigenvalue weighted by Crippen LogP contribution is 2.34. The molecule has 3 rings (SSSR count). The zero-order chi connectivity index (χ0) is 22.0. The summed E-state index contributed by atoms with van der Waals surface area (Å²) in [6.45, 7) is 2.02. The molecule has 1 aromatic heterocycles. The summed E-state index contributed by atoms with van der Waals surface area (Å²) in [4.78, 5) is 41.9. The van der Waals surface area contributed by atoms with Crippen LogP contribution in [-0.2, 0) is 9.59 Å². The van der Waals surface area contributed by atoms with Crippen LogP contribution in [0.25, 0.3) is 0 Å². The molecule has 0 spiro atoms. The monoisotopic (exact) mass is 420 g/mol. The summed E-state index contributed by atoms with van der Waals surface area (Å²) >= 11 is 0. The molecule has 7 nitrogen and oxygen atoms in total. The second kappa shape index (κ2) is 8.52. The van der Waals surface area contributed by atoms with E-state index in [1.807, 2.05) is 6.92 Å². The first-order valence-electron chi connectivity index (χ1n) is 9.20. The largest absolute Gasteiger partial charge is 0.365 e. The number of rotatable bonds is 3. The number of benzene rings is 1. The Balaban J connectivity index is 1.88. The average Bonchev–Trinajstić information content (AvgIpc) is 2.71. The minimum absolute atomic E-state index is 0.0316. The quantitative estimate of drug-likeness (QED) is 0.588. The van der Waals surface area contributed by atoms with Crippen LogP contribution in [0.2, 0.25) is 0 Å². The van der Waals surface area contributed by atoms with Crippen molar-refractivity contribution in [1.29, 1.82) is 0 Å². The summed E-state index contributed by atoms with van der Waals surface area (Å²) in [7, 11) is 0. The second-order valence-electron chi connectivity index (χ2n) is 7.17. The maximum atomic E-state index is 13.7. The van der Waals surface area contributed by atoms with Crippen molar-refractivity contribution >= 4 is 23.5 Å². The van der Waals surface area contributed by atoms with Crippen LogP contribution in [0.4, 0.5) is 19.0 Å². The van der Waals surface area contributed by atoms with Crippen molar-refractivity contribution in [3.05, 3.63) is 59.0 Å². The van der Waals surface area contributed by atoms with Crippen LogP contribution < -0.4 is 11.1 Å². The van der Waals surface area contributed by atoms with E-state index in [2.05, 4.69) is 10.3 Å². The summed E-state index contributed by atoms with van der Waals surface area (Å²) < 4.78 is 40.8. The standard InChI is InChI=1S/C20H19F3N4O3/c1-10-4-5-15(11-7-13(21)16(23)14(22)8-11)27(9-10)20(30)19(29)26-18-12(17(24)28)3-2-6-25-18/h2-3,6-8,10,15H,4-5,9H2,1H3,(H2,24,28)(H,25,26,29)/t10-,15+/m1/s1. The molecule has 0 unspecified atom stereocenters. The molecule has 10 heteroatoms. The Bertz CT molecular complexity index is 992. The number of pyridine rings is 1. The summed E-state index contributed by atoms with van der Waals surface area (Å²) in [6.07, 6.45) is 2.28. The van der Waals surface area contributed by atoms with Crippen molar-refractivity contribution in [2.24, 2.45) is 11.7 Å². The molecule has 0 bridgehead atoms. The molecule has 2 atom stereocenters. The van der Waals surface area contributed by atoms with Gasteiger partial charge in [0.2, 0.25) is 0 Å². The van der Waals surface area contributed by atoms with Crippen molar-refractivity contribution in [2.45, 2.75) is 25.8 Å². The molecule has 0 saturated carbocycles. The van der Waals surface area contributed by atoms with Gasteiger partial charge in [-0.3, -0.25) is 14.4 Å². The second-order valence-corrected chi connectivity index (χ2v) is 7.17. The van der Waals surface area contributed by atoms with Gasteiger partial charge in [0.25, 0.3) is 5.91 Å². The molecule has 2 aromatic rings. The number of carbonyl (C=O) groups excluding carboxylic acids is 3. The van der Waals surface area contributed by atoms with Crippen molar-refractivity contribution < 1.29 is 27.6 Å². The third-order valence-corrected chi connectivity index (χ3v) is 4.97. The number of nitrogens with zero attached hydrogens (tertiary/aromatic N) is 2. The molecule has 1 fully saturated rings. The van der Waals surface area contributed by atoms with Gasteiger partial charge in [0.1, 0.15) is 5.82 Å². The Labute approximate surface area is 170 Å². The van der Waals surface area contributed by atoms with Crippen molar-refractivity contribution in [1.82, 2.24) is 9.88 Å². The number of primary amides is 1. The first-order valence-corrected chi connectivity index (χ1v) is 9.20. The van der Waals surface area contributed by atoms with Crippen molar-refractivity contribution in [3.8, 4) is 0 Å². The lowest BCUT2D eigenvalue weighted by Gasteiger charge is -2.38. The molecule has 0 radical (unpaired) electrons. The predicted octanol–water partition coefficient (Wildman–Crippen LogP) is 2.54. The molecular formula is C20H19F3N4O3. The maximum Gasteiger partial charge on any atom is 0.315 e. The van der Waals surface area contributed by atoms with Crippen LogP contribution in [0.3, 0.4) is 0 Å². The molecular weight excluding hydrogens is 401 g/mol. The van der Waals surface area contributed by atoms with Crippen LogP contribution in [0, 0.1) is 23.4 Å². The molecule has 1 aromatic carbocycles. The molecule has 1 aliphatic heterocycles. The van der Waals surface area contributed by atoms with Crippen LogP contribution in [0.1, 0.15) is 41.7 Å². The summed E-state index contributed by atoms with van der Waals surface area (Å²) in [5.41, 5.74) is 5.21. The van der Waals surface area contributed by atoms with E-state index in [4.69, 9.17) is 5.73 Å². The number of aromatic nitrogens is 1. The maximum absolute atomic E-state index is 13.7. The van der Waals surface area contributed by atoms with Gasteiger partial charge in [0, 0.05) is 12.7 Å². The third kappa shape index (κ3) is 4.27. The smallest absolute Gasteiger partial charge is 0.315 e. The van der Waals surface area contributed by atoms with Crippen molar-refractivity contribution in [2.75, 3.05) is 11.9 Å². The fourth-order valence-corrected chi connectivity index (χ4v) is 3.49. The van der Waals surface area contributed by atoms with Crippen LogP contribution >= 0.6 is 0 Å². The first-order chi connectivity index (χ1) is 14.2. The molecule has 0 aliphatic carbocycles. The Kier molecular flexibility index (Phi) is 6.04. The van der Waals surface area contributed by atoms with E-state index in [9.17, 15) is 27.6 Å². The molecule has 2 heterocycles. The highest BCUT2D eigenvalue weighted by molar-refractivity contribution is 6.39. The topological polar surface area (TPSA) is 105 Å². The zero-order valence-corrected chi connectivity index (χ0v) is 16.0. The van der Waals surface area contributed by atoms with Gasteiger partial charge in [0.05, 0.1) is 11.6 Å². The lowest BCUT2D eigenvalue weighted by Crippen LogP contribution is -2.46. The number of amides is 3. The number of anilines is 1. The SMILES string of the molecule is C[C@@H]1CC[C@@H](c2cc(F)c(F)c(F)c2)N(C(=O)C(=O)Nc2ncccc2C(N)=O)C1. The number of likely N-dealkylation sites (tertiary alicyclic amines) is 1. The first kappa shape index (κ1) is 21.3. The Morgan fingerprint density at radius 2 is 1.83 bits per heavy atom. The van der Waals surface area contributed by atoms with E-state index >= 15 is 0 Å². The zero-order valence-electron chi connectivity index (χ0n) is 16.0. The number of carbonyl (C=O) groups is 3. The molecule has 3 N–H and O–H groups in total. The highest BCUT2D eigenvalue weighted by atomic mass is 19.2. The summed E-state index contributed by atoms with van der Waals surface area (Å²) in [5.74, 6) is -7.40. The Morgan fingerprint density at radius 3 is 2.47 bits per heavy atom. The number of nitrogens with two attached hydrogens (primary N) is 1. The average molecular weight is 420 g/mol. The minimum Gasteiger partial charge on any atom is -0.365 e. The van der Waals surface area contributed by atoms with Gasteiger partial charge in [-0.15, -0.1) is 0 Å². The number of hydrogen-bond donors (Lipinski definition) is 2. The molecule has 1 aliphatic rings. The molecule has 3 amide bonds. The summed E-state index contributed by atoms with van der Waals surface area (Å²) in [5, 5.41) is 2.26. The van der Waals surface area contributed by atoms with Crippen molar-refractivity contribution in [3.63, 3.8) is 0 Å². The van der Waals surface area contributed by atoms with E-state index in [1.54, 1.807) is 0 Å². The fraction of sp³-hybridized carbons (Fsp3) is 0.300. The van der Waals surface area contributed by atoms with Gasteiger partial charge in [-0.05, 0) is 48.6 Å². The van der Waals surface area contributed by atoms with E-state index < -0.39 is 41.2 Å². The van der Waals surface area contributed by atoms with E-state index in [0.717, 1.165) is 12.1 Å².